The molecule has 0 bridgehead atoms. The predicted molar refractivity (Wildman–Crippen MR) is 171 cm³/mol. The molecule has 0 spiro atoms. The smallest absolute Gasteiger partial charge is 0.258 e. The molecule has 0 aliphatic rings. The molecule has 220 valence electrons. The number of pyridine rings is 1. The van der Waals surface area contributed by atoms with Gasteiger partial charge in [0.2, 0.25) is 5.91 Å². The van der Waals surface area contributed by atoms with Gasteiger partial charge in [0, 0.05) is 68.0 Å². The zero-order valence-corrected chi connectivity index (χ0v) is 25.0. The van der Waals surface area contributed by atoms with Crippen LogP contribution in [0, 0.1) is 5.41 Å². The molecule has 0 atom stereocenters. The van der Waals surface area contributed by atoms with Crippen molar-refractivity contribution in [1.29, 1.82) is 5.41 Å². The van der Waals surface area contributed by atoms with E-state index < -0.39 is 0 Å². The van der Waals surface area contributed by atoms with E-state index in [1.165, 1.54) is 16.8 Å². The lowest BCUT2D eigenvalue weighted by Gasteiger charge is -2.26. The van der Waals surface area contributed by atoms with Crippen LogP contribution in [0.5, 0.6) is 5.75 Å². The zero-order valence-electron chi connectivity index (χ0n) is 25.0. The number of aromatic nitrogens is 1. The maximum absolute atomic E-state index is 12.9. The number of hydrogen-bond donors (Lipinski definition) is 4. The largest absolute Gasteiger partial charge is 0.494 e. The fourth-order valence-corrected chi connectivity index (χ4v) is 4.05. The molecule has 0 aliphatic carbocycles. The predicted octanol–water partition coefficient (Wildman–Crippen LogP) is 1.92. The summed E-state index contributed by atoms with van der Waals surface area (Å²) in [6.45, 7) is 8.90. The molecular formula is C30H42N8O3. The van der Waals surface area contributed by atoms with Gasteiger partial charge in [0.15, 0.2) is 0 Å². The first-order chi connectivity index (χ1) is 19.5. The lowest BCUT2D eigenvalue weighted by molar-refractivity contribution is -0.111. The maximum atomic E-state index is 12.9. The van der Waals surface area contributed by atoms with Crippen molar-refractivity contribution < 1.29 is 9.53 Å². The van der Waals surface area contributed by atoms with E-state index in [2.05, 4.69) is 27.1 Å². The van der Waals surface area contributed by atoms with Crippen molar-refractivity contribution in [3.05, 3.63) is 63.5 Å². The Bertz CT molecular complexity index is 1520. The molecule has 11 heteroatoms. The molecule has 5 N–H and O–H groups in total. The quantitative estimate of drug-likeness (QED) is 0.176. The third-order valence-corrected chi connectivity index (χ3v) is 6.30. The molecule has 2 rings (SSSR count). The SMILES string of the molecule is C=CC(=O)Nc1cc(NC(C)=N/C=c2/cc(/C(C=N)=C/N)c(=O)n(C)/c2=C\CC)c(OC)cc1N(C)CCN(C)C. The summed E-state index contributed by atoms with van der Waals surface area (Å²) in [6.07, 6.45) is 7.82. The lowest BCUT2D eigenvalue weighted by atomic mass is 10.1. The highest BCUT2D eigenvalue weighted by molar-refractivity contribution is 6.08. The van der Waals surface area contributed by atoms with E-state index in [1.807, 2.05) is 45.1 Å². The van der Waals surface area contributed by atoms with Crippen LogP contribution in [0.1, 0.15) is 25.8 Å². The number of methoxy groups -OCH3 is 1. The van der Waals surface area contributed by atoms with E-state index in [1.54, 1.807) is 39.4 Å². The number of allylic oxidation sites excluding steroid dienone is 1. The van der Waals surface area contributed by atoms with E-state index in [0.717, 1.165) is 25.0 Å². The van der Waals surface area contributed by atoms with Crippen LogP contribution in [0.25, 0.3) is 17.8 Å². The number of anilines is 3. The number of amidine groups is 1. The van der Waals surface area contributed by atoms with Crippen molar-refractivity contribution in [2.45, 2.75) is 20.3 Å². The summed E-state index contributed by atoms with van der Waals surface area (Å²) < 4.78 is 7.21. The lowest BCUT2D eigenvalue weighted by Crippen LogP contribution is -2.43. The summed E-state index contributed by atoms with van der Waals surface area (Å²) in [7, 11) is 9.21. The Morgan fingerprint density at radius 3 is 2.46 bits per heavy atom. The molecule has 41 heavy (non-hydrogen) atoms. The highest BCUT2D eigenvalue weighted by atomic mass is 16.5. The number of amides is 1. The van der Waals surface area contributed by atoms with Gasteiger partial charge in [-0.15, -0.1) is 0 Å². The summed E-state index contributed by atoms with van der Waals surface area (Å²) in [5, 5.41) is 15.2. The molecular weight excluding hydrogens is 520 g/mol. The Morgan fingerprint density at radius 1 is 1.20 bits per heavy atom. The monoisotopic (exact) mass is 562 g/mol. The summed E-state index contributed by atoms with van der Waals surface area (Å²) in [6, 6.07) is 5.34. The molecule has 2 aromatic rings. The van der Waals surface area contributed by atoms with E-state index in [9.17, 15) is 9.59 Å². The summed E-state index contributed by atoms with van der Waals surface area (Å²) in [5.41, 5.74) is 8.01. The number of aliphatic imine (C=N–C) groups is 1. The van der Waals surface area contributed by atoms with Crippen LogP contribution in [-0.2, 0) is 11.8 Å². The zero-order chi connectivity index (χ0) is 30.7. The van der Waals surface area contributed by atoms with Gasteiger partial charge >= 0.3 is 0 Å². The Hall–Kier alpha value is -4.64. The third kappa shape index (κ3) is 8.42. The highest BCUT2D eigenvalue weighted by Gasteiger charge is 2.16. The van der Waals surface area contributed by atoms with Crippen LogP contribution < -0.4 is 42.1 Å². The normalized spacial score (nSPS) is 12.9. The number of carbonyl (C=O) groups excluding carboxylic acids is 1. The average Bonchev–Trinajstić information content (AvgIpc) is 2.95. The average molecular weight is 563 g/mol. The van der Waals surface area contributed by atoms with Gasteiger partial charge in [-0.05, 0) is 45.6 Å². The van der Waals surface area contributed by atoms with E-state index in [4.69, 9.17) is 15.9 Å². The van der Waals surface area contributed by atoms with Crippen LogP contribution in [-0.4, -0.2) is 68.8 Å². The van der Waals surface area contributed by atoms with Crippen LogP contribution in [0.4, 0.5) is 17.1 Å². The number of nitrogens with zero attached hydrogens (tertiary/aromatic N) is 4. The van der Waals surface area contributed by atoms with Crippen molar-refractivity contribution >= 4 is 52.9 Å². The molecule has 0 radical (unpaired) electrons. The number of rotatable bonds is 12. The van der Waals surface area contributed by atoms with Gasteiger partial charge in [0.25, 0.3) is 5.56 Å². The molecule has 1 amide bonds. The Kier molecular flexibility index (Phi) is 12.1. The topological polar surface area (TPSA) is 141 Å². The second-order valence-corrected chi connectivity index (χ2v) is 9.60. The van der Waals surface area contributed by atoms with Gasteiger partial charge in [-0.25, -0.2) is 4.99 Å². The van der Waals surface area contributed by atoms with Gasteiger partial charge in [-0.3, -0.25) is 9.59 Å². The first-order valence-electron chi connectivity index (χ1n) is 13.2. The Morgan fingerprint density at radius 2 is 1.90 bits per heavy atom. The molecule has 1 heterocycles. The summed E-state index contributed by atoms with van der Waals surface area (Å²) >= 11 is 0. The van der Waals surface area contributed by atoms with E-state index >= 15 is 0 Å². The number of carbonyl (C=O) groups is 1. The van der Waals surface area contributed by atoms with Crippen molar-refractivity contribution in [2.75, 3.05) is 56.9 Å². The second kappa shape index (κ2) is 15.2. The molecule has 1 aromatic carbocycles. The van der Waals surface area contributed by atoms with Crippen molar-refractivity contribution in [3.8, 4) is 5.75 Å². The Labute approximate surface area is 241 Å². The summed E-state index contributed by atoms with van der Waals surface area (Å²) in [5.74, 6) is 0.775. The fraction of sp³-hybridized carbons (Fsp3) is 0.333. The first kappa shape index (κ1) is 32.6. The number of ether oxygens (including phenoxy) is 1. The van der Waals surface area contributed by atoms with Gasteiger partial charge < -0.3 is 40.9 Å². The molecule has 0 unspecified atom stereocenters. The number of nitrogens with one attached hydrogen (secondary N) is 3. The van der Waals surface area contributed by atoms with Crippen LogP contribution in [0.3, 0.4) is 0 Å². The molecule has 0 aliphatic heterocycles. The maximum Gasteiger partial charge on any atom is 0.258 e. The molecule has 0 saturated carbocycles. The van der Waals surface area contributed by atoms with E-state index in [0.29, 0.717) is 51.1 Å². The molecule has 0 fully saturated rings. The number of nitrogens with two attached hydrogens (primary N) is 1. The van der Waals surface area contributed by atoms with Gasteiger partial charge in [-0.1, -0.05) is 19.6 Å². The van der Waals surface area contributed by atoms with Gasteiger partial charge in [0.1, 0.15) is 11.6 Å². The minimum atomic E-state index is -0.330. The standard InChI is InChI=1S/C30H42N8O3/c1-9-11-26-21(14-23(22(17-31)18-32)30(40)38(26)7)19-33-20(3)34-25-15-24(35-29(39)10-2)27(16-28(25)41-8)37(6)13-12-36(4)5/h10-11,14-19,31H,2,9,12-13,32H2,1,3-8H3,(H,33,34)(H,35,39)/b21-19-,22-18+,26-11-,31-17?. The van der Waals surface area contributed by atoms with Crippen molar-refractivity contribution in [1.82, 2.24) is 9.47 Å². The third-order valence-electron chi connectivity index (χ3n) is 6.30. The first-order valence-corrected chi connectivity index (χ1v) is 13.2. The Balaban J connectivity index is 2.63. The summed E-state index contributed by atoms with van der Waals surface area (Å²) in [4.78, 5) is 33.9. The van der Waals surface area contributed by atoms with Crippen molar-refractivity contribution in [3.63, 3.8) is 0 Å². The van der Waals surface area contributed by atoms with Gasteiger partial charge in [-0.2, -0.15) is 0 Å². The molecule has 11 nitrogen and oxygen atoms in total. The van der Waals surface area contributed by atoms with Crippen LogP contribution in [0.15, 0.2) is 46.8 Å². The number of likely N-dealkylation sites (N-methyl/N-ethyl adjacent to an activating group) is 2. The molecule has 0 saturated heterocycles. The molecule has 1 aromatic heterocycles. The number of benzene rings is 1. The van der Waals surface area contributed by atoms with Crippen LogP contribution in [0.2, 0.25) is 0 Å². The fourth-order valence-electron chi connectivity index (χ4n) is 4.05. The highest BCUT2D eigenvalue weighted by Crippen LogP contribution is 2.37. The minimum Gasteiger partial charge on any atom is -0.494 e. The van der Waals surface area contributed by atoms with Crippen LogP contribution >= 0.6 is 0 Å². The van der Waals surface area contributed by atoms with E-state index in [-0.39, 0.29) is 11.5 Å². The minimum absolute atomic E-state index is 0.254. The second-order valence-electron chi connectivity index (χ2n) is 9.60. The number of hydrogen-bond acceptors (Lipinski definition) is 8. The van der Waals surface area contributed by atoms with Crippen molar-refractivity contribution in [2.24, 2.45) is 17.8 Å². The van der Waals surface area contributed by atoms with Gasteiger partial charge in [0.05, 0.1) is 29.7 Å².